The molecule has 0 saturated carbocycles. The molecule has 0 heterocycles. The topological polar surface area (TPSA) is 3.24 Å². The number of thiocarbonyl (C=S) groups is 1. The normalized spacial score (nSPS) is 7.38. The molecule has 0 aliphatic rings. The minimum absolute atomic E-state index is 0. The Bertz CT molecular complexity index is 79.0. The molecular formula is C4H10NNaS2. The van der Waals surface area contributed by atoms with Crippen molar-refractivity contribution in [3.8, 4) is 0 Å². The number of hydrogen-bond donors (Lipinski definition) is 0. The summed E-state index contributed by atoms with van der Waals surface area (Å²) in [6.07, 6.45) is 1.97. The van der Waals surface area contributed by atoms with Gasteiger partial charge in [0, 0.05) is 14.1 Å². The molecule has 0 atom stereocenters. The molecule has 0 aliphatic heterocycles. The van der Waals surface area contributed by atoms with Gasteiger partial charge in [-0.2, -0.15) is 0 Å². The Balaban J connectivity index is -0.000000180. The molecule has 44 valence electrons. The largest absolute Gasteiger partial charge is 1.00 e. The molecule has 0 bridgehead atoms. The first-order chi connectivity index (χ1) is 3.18. The van der Waals surface area contributed by atoms with Crippen LogP contribution in [-0.2, 0) is 0 Å². The zero-order valence-corrected chi connectivity index (χ0v) is 9.40. The minimum Gasteiger partial charge on any atom is -1.00 e. The number of thioether (sulfide) groups is 1. The van der Waals surface area contributed by atoms with E-state index >= 15 is 0 Å². The Kier molecular flexibility index (Phi) is 9.52. The first kappa shape index (κ1) is 12.0. The van der Waals surface area contributed by atoms with Crippen molar-refractivity contribution >= 4 is 28.3 Å². The molecule has 0 rings (SSSR count). The number of rotatable bonds is 0. The van der Waals surface area contributed by atoms with Crippen molar-refractivity contribution in [1.29, 1.82) is 0 Å². The molecule has 1 nitrogen and oxygen atoms in total. The number of nitrogens with zero attached hydrogens (tertiary/aromatic N) is 1. The predicted octanol–water partition coefficient (Wildman–Crippen LogP) is -1.69. The molecule has 0 spiro atoms. The van der Waals surface area contributed by atoms with Crippen LogP contribution in [-0.4, -0.2) is 29.6 Å². The van der Waals surface area contributed by atoms with E-state index in [2.05, 4.69) is 0 Å². The van der Waals surface area contributed by atoms with Gasteiger partial charge < -0.3 is 6.33 Å². The Morgan fingerprint density at radius 2 is 2.00 bits per heavy atom. The predicted molar refractivity (Wildman–Crippen MR) is 40.9 cm³/mol. The summed E-state index contributed by atoms with van der Waals surface area (Å²) in [6.45, 7) is 0. The van der Waals surface area contributed by atoms with Crippen molar-refractivity contribution in [2.45, 2.75) is 0 Å². The van der Waals surface area contributed by atoms with Gasteiger partial charge in [0.15, 0.2) is 0 Å². The van der Waals surface area contributed by atoms with E-state index in [4.69, 9.17) is 12.2 Å². The summed E-state index contributed by atoms with van der Waals surface area (Å²) in [5.41, 5.74) is 0. The first-order valence-electron chi connectivity index (χ1n) is 1.93. The average Bonchev–Trinajstić information content (AvgIpc) is 1.65. The first-order valence-corrected chi connectivity index (χ1v) is 3.57. The maximum Gasteiger partial charge on any atom is 1.00 e. The van der Waals surface area contributed by atoms with Crippen molar-refractivity contribution in [3.05, 3.63) is 0 Å². The van der Waals surface area contributed by atoms with Gasteiger partial charge in [-0.3, -0.25) is 0 Å². The van der Waals surface area contributed by atoms with E-state index in [0.29, 0.717) is 0 Å². The Hall–Kier alpha value is 1.24. The van der Waals surface area contributed by atoms with Gasteiger partial charge in [-0.1, -0.05) is 12.2 Å². The monoisotopic (exact) mass is 159 g/mol. The quantitative estimate of drug-likeness (QED) is 0.307. The van der Waals surface area contributed by atoms with E-state index in [9.17, 15) is 0 Å². The van der Waals surface area contributed by atoms with Crippen LogP contribution in [0, 0.1) is 0 Å². The third kappa shape index (κ3) is 5.38. The van der Waals surface area contributed by atoms with Gasteiger partial charge in [0.1, 0.15) is 4.32 Å². The van der Waals surface area contributed by atoms with Gasteiger partial charge in [-0.15, -0.1) is 11.8 Å². The second kappa shape index (κ2) is 6.36. The van der Waals surface area contributed by atoms with Crippen LogP contribution in [0.3, 0.4) is 0 Å². The maximum absolute atomic E-state index is 4.87. The molecule has 0 fully saturated rings. The van der Waals surface area contributed by atoms with E-state index in [1.54, 1.807) is 11.8 Å². The summed E-state index contributed by atoms with van der Waals surface area (Å²) < 4.78 is 0.931. The van der Waals surface area contributed by atoms with Crippen molar-refractivity contribution in [3.63, 3.8) is 0 Å². The summed E-state index contributed by atoms with van der Waals surface area (Å²) in [7, 11) is 3.89. The Morgan fingerprint density at radius 3 is 2.00 bits per heavy atom. The van der Waals surface area contributed by atoms with E-state index in [1.807, 2.05) is 25.3 Å². The summed E-state index contributed by atoms with van der Waals surface area (Å²) in [5.74, 6) is 0. The van der Waals surface area contributed by atoms with Crippen LogP contribution in [0.2, 0.25) is 0 Å². The zero-order valence-electron chi connectivity index (χ0n) is 6.76. The van der Waals surface area contributed by atoms with Gasteiger partial charge in [0.2, 0.25) is 0 Å². The van der Waals surface area contributed by atoms with Crippen LogP contribution in [0.1, 0.15) is 1.43 Å². The third-order valence-corrected chi connectivity index (χ3v) is 2.12. The molecule has 0 aromatic heterocycles. The fourth-order valence-corrected chi connectivity index (χ4v) is 0.548. The van der Waals surface area contributed by atoms with E-state index in [1.165, 1.54) is 0 Å². The summed E-state index contributed by atoms with van der Waals surface area (Å²) in [6, 6.07) is 0. The maximum atomic E-state index is 4.87. The van der Waals surface area contributed by atoms with Crippen molar-refractivity contribution in [1.82, 2.24) is 4.90 Å². The zero-order chi connectivity index (χ0) is 5.86. The van der Waals surface area contributed by atoms with Crippen LogP contribution in [0.5, 0.6) is 0 Å². The second-order valence-electron chi connectivity index (χ2n) is 1.36. The van der Waals surface area contributed by atoms with Crippen LogP contribution < -0.4 is 29.6 Å². The molecule has 0 aliphatic carbocycles. The van der Waals surface area contributed by atoms with Crippen LogP contribution in [0.15, 0.2) is 0 Å². The van der Waals surface area contributed by atoms with Gasteiger partial charge in [0.05, 0.1) is 0 Å². The van der Waals surface area contributed by atoms with E-state index < -0.39 is 0 Å². The smallest absolute Gasteiger partial charge is 1.00 e. The Labute approximate surface area is 84.0 Å². The minimum atomic E-state index is 0. The number of hydrogen-bond acceptors (Lipinski definition) is 2. The average molecular weight is 159 g/mol. The fourth-order valence-electron chi connectivity index (χ4n) is 0.183. The molecule has 0 amide bonds. The van der Waals surface area contributed by atoms with Gasteiger partial charge in [-0.25, -0.2) is 0 Å². The van der Waals surface area contributed by atoms with Crippen LogP contribution in [0.4, 0.5) is 0 Å². The second-order valence-corrected chi connectivity index (χ2v) is 2.80. The van der Waals surface area contributed by atoms with E-state index in [0.717, 1.165) is 4.32 Å². The SMILES string of the molecule is CSC(=S)N(C)C.[H-].[Na+]. The van der Waals surface area contributed by atoms with Crippen molar-refractivity contribution in [2.75, 3.05) is 20.4 Å². The van der Waals surface area contributed by atoms with E-state index in [-0.39, 0.29) is 31.0 Å². The van der Waals surface area contributed by atoms with Crippen LogP contribution >= 0.6 is 24.0 Å². The van der Waals surface area contributed by atoms with Gasteiger partial charge >= 0.3 is 29.6 Å². The van der Waals surface area contributed by atoms with Crippen LogP contribution in [0.25, 0.3) is 0 Å². The van der Waals surface area contributed by atoms with Crippen molar-refractivity contribution < 1.29 is 31.0 Å². The molecule has 4 heteroatoms. The third-order valence-electron chi connectivity index (χ3n) is 0.540. The van der Waals surface area contributed by atoms with Gasteiger partial charge in [-0.05, 0) is 6.26 Å². The standard InChI is InChI=1S/C4H9NS2.Na.H/c1-5(2)4(6)7-3;;/h1-3H3;;/q;+1;-1. The van der Waals surface area contributed by atoms with Crippen molar-refractivity contribution in [2.24, 2.45) is 0 Å². The molecular weight excluding hydrogens is 149 g/mol. The summed E-state index contributed by atoms with van der Waals surface area (Å²) in [4.78, 5) is 1.92. The summed E-state index contributed by atoms with van der Waals surface area (Å²) >= 11 is 6.46. The van der Waals surface area contributed by atoms with Gasteiger partial charge in [0.25, 0.3) is 0 Å². The fraction of sp³-hybridized carbons (Fsp3) is 0.750. The molecule has 0 N–H and O–H groups in total. The summed E-state index contributed by atoms with van der Waals surface area (Å²) in [5, 5.41) is 0. The molecule has 8 heavy (non-hydrogen) atoms. The Morgan fingerprint density at radius 1 is 1.62 bits per heavy atom. The molecule has 0 unspecified atom stereocenters. The molecule has 0 radical (unpaired) electrons. The molecule has 0 aromatic carbocycles. The molecule has 0 aromatic rings. The molecule has 0 saturated heterocycles.